The Morgan fingerprint density at radius 1 is 1.06 bits per heavy atom. The van der Waals surface area contributed by atoms with Crippen molar-refractivity contribution in [1.29, 1.82) is 0 Å². The monoisotopic (exact) mass is 493 g/mol. The molecule has 9 heteroatoms. The highest BCUT2D eigenvalue weighted by Crippen LogP contribution is 2.29. The number of benzene rings is 1. The van der Waals surface area contributed by atoms with Crippen LogP contribution in [0, 0.1) is 27.7 Å². The minimum atomic E-state index is -0.392. The molecule has 0 aliphatic rings. The van der Waals surface area contributed by atoms with E-state index in [0.29, 0.717) is 23.1 Å². The van der Waals surface area contributed by atoms with E-state index in [0.717, 1.165) is 22.0 Å². The number of carbonyl (C=O) groups excluding carboxylic acids is 2. The van der Waals surface area contributed by atoms with Crippen molar-refractivity contribution in [2.45, 2.75) is 45.8 Å². The van der Waals surface area contributed by atoms with Gasteiger partial charge in [-0.25, -0.2) is 0 Å². The average Bonchev–Trinajstić information content (AvgIpc) is 3.52. The van der Waals surface area contributed by atoms with Crippen molar-refractivity contribution in [3.63, 3.8) is 0 Å². The van der Waals surface area contributed by atoms with Crippen LogP contribution in [0.15, 0.2) is 46.9 Å². The van der Waals surface area contributed by atoms with Gasteiger partial charge in [-0.1, -0.05) is 23.9 Å². The number of carbonyl (C=O) groups is 2. The summed E-state index contributed by atoms with van der Waals surface area (Å²) in [6.45, 7) is 8.54. The zero-order valence-corrected chi connectivity index (χ0v) is 21.3. The molecule has 0 aliphatic heterocycles. The number of aromatic nitrogens is 4. The molecule has 0 saturated carbocycles. The Labute approximate surface area is 207 Å². The second kappa shape index (κ2) is 9.99. The first-order valence-corrected chi connectivity index (χ1v) is 12.8. The highest BCUT2D eigenvalue weighted by molar-refractivity contribution is 7.99. The zero-order chi connectivity index (χ0) is 24.4. The van der Waals surface area contributed by atoms with Gasteiger partial charge in [0.2, 0.25) is 5.91 Å². The van der Waals surface area contributed by atoms with E-state index < -0.39 is 5.91 Å². The molecule has 4 rings (SSSR count). The number of thioether (sulfide) groups is 1. The van der Waals surface area contributed by atoms with Gasteiger partial charge in [0.25, 0.3) is 0 Å². The quantitative estimate of drug-likeness (QED) is 0.265. The Morgan fingerprint density at radius 2 is 1.85 bits per heavy atom. The molecule has 4 aromatic rings. The molecule has 0 unspecified atom stereocenters. The van der Waals surface area contributed by atoms with Crippen molar-refractivity contribution >= 4 is 34.8 Å². The van der Waals surface area contributed by atoms with E-state index in [9.17, 15) is 9.59 Å². The maximum Gasteiger partial charge on any atom is 0.219 e. The van der Waals surface area contributed by atoms with Gasteiger partial charge in [0.1, 0.15) is 0 Å². The first-order valence-electron chi connectivity index (χ1n) is 10.9. The molecule has 0 aliphatic carbocycles. The van der Waals surface area contributed by atoms with Crippen LogP contribution < -0.4 is 5.73 Å². The van der Waals surface area contributed by atoms with Crippen molar-refractivity contribution < 1.29 is 9.59 Å². The predicted octanol–water partition coefficient (Wildman–Crippen LogP) is 4.88. The van der Waals surface area contributed by atoms with Gasteiger partial charge in [-0.05, 0) is 68.5 Å². The summed E-state index contributed by atoms with van der Waals surface area (Å²) >= 11 is 2.87. The number of Topliss-reactive ketones (excluding diaryl/α,β-unsaturated/α-hetero) is 1. The van der Waals surface area contributed by atoms with Crippen LogP contribution >= 0.6 is 23.1 Å². The standard InChI is InChI=1S/C25H27N5O2S2/c1-15-7-8-19(12-16(15)2)30-17(3)13-20(18(30)4)21(31)14-34-25-28-27-24(22-6-5-11-33-22)29(25)10-9-23(26)32/h5-8,11-13H,9-10,14H2,1-4H3,(H2,26,32). The fourth-order valence-electron chi connectivity index (χ4n) is 3.92. The third-order valence-corrected chi connectivity index (χ3v) is 7.69. The van der Waals surface area contributed by atoms with Crippen LogP contribution in [0.3, 0.4) is 0 Å². The van der Waals surface area contributed by atoms with Crippen molar-refractivity contribution in [3.05, 3.63) is 69.9 Å². The summed E-state index contributed by atoms with van der Waals surface area (Å²) in [7, 11) is 0. The van der Waals surface area contributed by atoms with Gasteiger partial charge in [0.05, 0.1) is 10.6 Å². The molecule has 3 aromatic heterocycles. The number of thiophene rings is 1. The summed E-state index contributed by atoms with van der Waals surface area (Å²) in [5, 5.41) is 11.2. The van der Waals surface area contributed by atoms with E-state index in [1.807, 2.05) is 42.0 Å². The molecule has 1 amide bonds. The molecule has 2 N–H and O–H groups in total. The largest absolute Gasteiger partial charge is 0.370 e. The number of hydrogen-bond donors (Lipinski definition) is 1. The zero-order valence-electron chi connectivity index (χ0n) is 19.7. The fourth-order valence-corrected chi connectivity index (χ4v) is 5.49. The maximum absolute atomic E-state index is 13.2. The number of ketones is 1. The molecular formula is C25H27N5O2S2. The summed E-state index contributed by atoms with van der Waals surface area (Å²) < 4.78 is 3.99. The van der Waals surface area contributed by atoms with Crippen molar-refractivity contribution in [2.24, 2.45) is 5.73 Å². The van der Waals surface area contributed by atoms with Crippen LogP contribution in [0.25, 0.3) is 16.4 Å². The molecule has 7 nitrogen and oxygen atoms in total. The molecule has 0 radical (unpaired) electrons. The second-order valence-electron chi connectivity index (χ2n) is 8.25. The van der Waals surface area contributed by atoms with Crippen LogP contribution in [-0.2, 0) is 11.3 Å². The van der Waals surface area contributed by atoms with E-state index in [1.165, 1.54) is 22.9 Å². The van der Waals surface area contributed by atoms with Crippen LogP contribution in [-0.4, -0.2) is 36.8 Å². The molecule has 0 spiro atoms. The first kappa shape index (κ1) is 24.0. The molecule has 0 bridgehead atoms. The Hall–Kier alpha value is -3.17. The van der Waals surface area contributed by atoms with Gasteiger partial charge in [0, 0.05) is 35.6 Å². The minimum Gasteiger partial charge on any atom is -0.370 e. The summed E-state index contributed by atoms with van der Waals surface area (Å²) in [5.74, 6) is 0.530. The van der Waals surface area contributed by atoms with E-state index >= 15 is 0 Å². The van der Waals surface area contributed by atoms with Crippen molar-refractivity contribution in [2.75, 3.05) is 5.75 Å². The number of rotatable bonds is 9. The lowest BCUT2D eigenvalue weighted by Gasteiger charge is -2.12. The smallest absolute Gasteiger partial charge is 0.219 e. The van der Waals surface area contributed by atoms with Gasteiger partial charge in [-0.15, -0.1) is 21.5 Å². The van der Waals surface area contributed by atoms with Crippen molar-refractivity contribution in [1.82, 2.24) is 19.3 Å². The highest BCUT2D eigenvalue weighted by atomic mass is 32.2. The summed E-state index contributed by atoms with van der Waals surface area (Å²) in [4.78, 5) is 25.5. The van der Waals surface area contributed by atoms with E-state index in [2.05, 4.69) is 46.8 Å². The van der Waals surface area contributed by atoms with Crippen LogP contribution in [0.2, 0.25) is 0 Å². The molecule has 0 saturated heterocycles. The second-order valence-corrected chi connectivity index (χ2v) is 10.1. The van der Waals surface area contributed by atoms with Gasteiger partial charge in [-0.3, -0.25) is 9.59 Å². The lowest BCUT2D eigenvalue weighted by atomic mass is 10.1. The van der Waals surface area contributed by atoms with E-state index in [-0.39, 0.29) is 18.0 Å². The van der Waals surface area contributed by atoms with Crippen LogP contribution in [0.4, 0.5) is 0 Å². The minimum absolute atomic E-state index is 0.0234. The Morgan fingerprint density at radius 3 is 2.53 bits per heavy atom. The van der Waals surface area contributed by atoms with E-state index in [1.54, 1.807) is 11.3 Å². The third-order valence-electron chi connectivity index (χ3n) is 5.85. The normalized spacial score (nSPS) is 11.2. The molecular weight excluding hydrogens is 466 g/mol. The number of nitrogens with zero attached hydrogens (tertiary/aromatic N) is 4. The third kappa shape index (κ3) is 4.85. The van der Waals surface area contributed by atoms with Gasteiger partial charge in [0.15, 0.2) is 16.8 Å². The number of hydrogen-bond acceptors (Lipinski definition) is 6. The molecule has 34 heavy (non-hydrogen) atoms. The first-order chi connectivity index (χ1) is 16.3. The summed E-state index contributed by atoms with van der Waals surface area (Å²) in [6, 6.07) is 12.2. The van der Waals surface area contributed by atoms with Crippen molar-refractivity contribution in [3.8, 4) is 16.4 Å². The van der Waals surface area contributed by atoms with Gasteiger partial charge in [-0.2, -0.15) is 0 Å². The van der Waals surface area contributed by atoms with Crippen LogP contribution in [0.1, 0.15) is 39.3 Å². The topological polar surface area (TPSA) is 95.8 Å². The summed E-state index contributed by atoms with van der Waals surface area (Å²) in [5.41, 5.74) is 11.5. The predicted molar refractivity (Wildman–Crippen MR) is 137 cm³/mol. The SMILES string of the molecule is Cc1ccc(-n2c(C)cc(C(=O)CSc3nnc(-c4cccs4)n3CCC(N)=O)c2C)cc1C. The Kier molecular flexibility index (Phi) is 7.04. The molecule has 0 fully saturated rings. The highest BCUT2D eigenvalue weighted by Gasteiger charge is 2.20. The number of primary amides is 1. The van der Waals surface area contributed by atoms with Gasteiger partial charge < -0.3 is 14.9 Å². The average molecular weight is 494 g/mol. The number of nitrogens with two attached hydrogens (primary N) is 1. The molecule has 3 heterocycles. The lowest BCUT2D eigenvalue weighted by molar-refractivity contribution is -0.118. The van der Waals surface area contributed by atoms with Gasteiger partial charge >= 0.3 is 0 Å². The van der Waals surface area contributed by atoms with Crippen LogP contribution in [0.5, 0.6) is 0 Å². The Balaban J connectivity index is 1.56. The summed E-state index contributed by atoms with van der Waals surface area (Å²) in [6.07, 6.45) is 0.176. The molecule has 1 aromatic carbocycles. The number of amides is 1. The lowest BCUT2D eigenvalue weighted by Crippen LogP contribution is -2.15. The molecule has 0 atom stereocenters. The maximum atomic E-state index is 13.2. The van der Waals surface area contributed by atoms with E-state index in [4.69, 9.17) is 5.73 Å². The Bertz CT molecular complexity index is 1350. The molecule has 176 valence electrons. The number of aryl methyl sites for hydroxylation is 3. The fraction of sp³-hybridized carbons (Fsp3) is 0.280.